The monoisotopic (exact) mass is 212 g/mol. The van der Waals surface area contributed by atoms with Crippen molar-refractivity contribution in [1.29, 1.82) is 0 Å². The van der Waals surface area contributed by atoms with Crippen LogP contribution in [0.3, 0.4) is 0 Å². The summed E-state index contributed by atoms with van der Waals surface area (Å²) < 4.78 is 0. The molecule has 1 rings (SSSR count). The summed E-state index contributed by atoms with van der Waals surface area (Å²) in [5, 5.41) is 2.09. The van der Waals surface area contributed by atoms with Gasteiger partial charge in [-0.25, -0.2) is 0 Å². The number of rotatable bonds is 6. The molecule has 0 aliphatic heterocycles. The summed E-state index contributed by atoms with van der Waals surface area (Å²) >= 11 is 1.75. The Morgan fingerprint density at radius 2 is 2.29 bits per heavy atom. The van der Waals surface area contributed by atoms with E-state index in [1.165, 1.54) is 11.3 Å². The van der Waals surface area contributed by atoms with Crippen molar-refractivity contribution in [2.45, 2.75) is 26.3 Å². The van der Waals surface area contributed by atoms with Gasteiger partial charge in [0.1, 0.15) is 0 Å². The van der Waals surface area contributed by atoms with E-state index in [-0.39, 0.29) is 6.04 Å². The second kappa shape index (κ2) is 6.17. The lowest BCUT2D eigenvalue weighted by Crippen LogP contribution is -2.32. The van der Waals surface area contributed by atoms with Crippen LogP contribution in [0.2, 0.25) is 0 Å². The largest absolute Gasteiger partial charge is 0.322 e. The highest BCUT2D eigenvalue weighted by Gasteiger charge is 2.10. The summed E-state index contributed by atoms with van der Waals surface area (Å²) in [5.74, 6) is 0. The summed E-state index contributed by atoms with van der Waals surface area (Å²) in [6, 6.07) is 4.37. The highest BCUT2D eigenvalue weighted by atomic mass is 32.1. The molecule has 2 nitrogen and oxygen atoms in total. The van der Waals surface area contributed by atoms with Crippen LogP contribution >= 0.6 is 11.3 Å². The second-order valence-electron chi connectivity index (χ2n) is 3.52. The van der Waals surface area contributed by atoms with E-state index in [0.29, 0.717) is 0 Å². The Hall–Kier alpha value is -0.380. The fourth-order valence-electron chi connectivity index (χ4n) is 1.57. The standard InChI is InChI=1S/C11H20N2S/c1-3-7-13(4-2)9-10(12)11-6-5-8-14-11/h5-6,8,10H,3-4,7,9,12H2,1-2H3. The SMILES string of the molecule is CCCN(CC)CC(N)c1cccs1. The molecule has 1 aromatic rings. The smallest absolute Gasteiger partial charge is 0.0519 e. The van der Waals surface area contributed by atoms with Gasteiger partial charge in [0.15, 0.2) is 0 Å². The number of likely N-dealkylation sites (N-methyl/N-ethyl adjacent to an activating group) is 1. The van der Waals surface area contributed by atoms with E-state index in [1.54, 1.807) is 11.3 Å². The van der Waals surface area contributed by atoms with Crippen molar-refractivity contribution in [3.8, 4) is 0 Å². The predicted octanol–water partition coefficient (Wildman–Crippen LogP) is 2.48. The van der Waals surface area contributed by atoms with E-state index in [1.807, 2.05) is 0 Å². The third kappa shape index (κ3) is 3.40. The summed E-state index contributed by atoms with van der Waals surface area (Å²) in [6.45, 7) is 7.61. The minimum Gasteiger partial charge on any atom is -0.322 e. The Labute approximate surface area is 90.7 Å². The lowest BCUT2D eigenvalue weighted by Gasteiger charge is -2.22. The number of hydrogen-bond acceptors (Lipinski definition) is 3. The summed E-state index contributed by atoms with van der Waals surface area (Å²) in [4.78, 5) is 3.70. The predicted molar refractivity (Wildman–Crippen MR) is 63.7 cm³/mol. The van der Waals surface area contributed by atoms with Gasteiger partial charge >= 0.3 is 0 Å². The number of nitrogens with zero attached hydrogens (tertiary/aromatic N) is 1. The van der Waals surface area contributed by atoms with Gasteiger partial charge in [0, 0.05) is 11.4 Å². The topological polar surface area (TPSA) is 29.3 Å². The highest BCUT2D eigenvalue weighted by molar-refractivity contribution is 7.10. The molecule has 3 heteroatoms. The molecule has 0 aromatic carbocycles. The second-order valence-corrected chi connectivity index (χ2v) is 4.49. The van der Waals surface area contributed by atoms with Crippen molar-refractivity contribution in [1.82, 2.24) is 4.90 Å². The van der Waals surface area contributed by atoms with Crippen LogP contribution in [0, 0.1) is 0 Å². The molecule has 1 unspecified atom stereocenters. The van der Waals surface area contributed by atoms with Crippen LogP contribution in [0.5, 0.6) is 0 Å². The first-order valence-electron chi connectivity index (χ1n) is 5.29. The van der Waals surface area contributed by atoms with E-state index < -0.39 is 0 Å². The van der Waals surface area contributed by atoms with Crippen molar-refractivity contribution in [3.63, 3.8) is 0 Å². The van der Waals surface area contributed by atoms with E-state index in [2.05, 4.69) is 36.3 Å². The maximum Gasteiger partial charge on any atom is 0.0519 e. The molecule has 1 aromatic heterocycles. The molecule has 1 atom stereocenters. The van der Waals surface area contributed by atoms with E-state index in [9.17, 15) is 0 Å². The third-order valence-corrected chi connectivity index (χ3v) is 3.35. The normalized spacial score (nSPS) is 13.4. The summed E-state index contributed by atoms with van der Waals surface area (Å²) in [5.41, 5.74) is 6.11. The van der Waals surface area contributed by atoms with E-state index in [0.717, 1.165) is 19.6 Å². The number of hydrogen-bond donors (Lipinski definition) is 1. The van der Waals surface area contributed by atoms with Crippen LogP contribution in [-0.4, -0.2) is 24.5 Å². The highest BCUT2D eigenvalue weighted by Crippen LogP contribution is 2.17. The van der Waals surface area contributed by atoms with Gasteiger partial charge in [0.2, 0.25) is 0 Å². The molecule has 0 aliphatic carbocycles. The van der Waals surface area contributed by atoms with Crippen LogP contribution in [-0.2, 0) is 0 Å². The van der Waals surface area contributed by atoms with Gasteiger partial charge in [0.25, 0.3) is 0 Å². The molecule has 0 aliphatic rings. The third-order valence-electron chi connectivity index (χ3n) is 2.35. The molecule has 0 amide bonds. The minimum absolute atomic E-state index is 0.182. The molecule has 0 fully saturated rings. The van der Waals surface area contributed by atoms with Crippen molar-refractivity contribution in [2.24, 2.45) is 5.73 Å². The van der Waals surface area contributed by atoms with Crippen LogP contribution in [0.15, 0.2) is 17.5 Å². The molecular weight excluding hydrogens is 192 g/mol. The van der Waals surface area contributed by atoms with E-state index >= 15 is 0 Å². The average molecular weight is 212 g/mol. The fourth-order valence-corrected chi connectivity index (χ4v) is 2.29. The lowest BCUT2D eigenvalue weighted by atomic mass is 10.2. The quantitative estimate of drug-likeness (QED) is 0.785. The molecule has 2 N–H and O–H groups in total. The Morgan fingerprint density at radius 1 is 1.50 bits per heavy atom. The zero-order valence-corrected chi connectivity index (χ0v) is 9.89. The van der Waals surface area contributed by atoms with Crippen molar-refractivity contribution in [2.75, 3.05) is 19.6 Å². The Morgan fingerprint density at radius 3 is 2.79 bits per heavy atom. The minimum atomic E-state index is 0.182. The molecule has 0 spiro atoms. The number of thiophene rings is 1. The lowest BCUT2D eigenvalue weighted by molar-refractivity contribution is 0.272. The first kappa shape index (κ1) is 11.7. The van der Waals surface area contributed by atoms with Crippen LogP contribution in [0.1, 0.15) is 31.2 Å². The Kier molecular flexibility index (Phi) is 5.15. The molecule has 80 valence electrons. The van der Waals surface area contributed by atoms with Crippen molar-refractivity contribution < 1.29 is 0 Å². The van der Waals surface area contributed by atoms with Gasteiger partial charge in [-0.3, -0.25) is 0 Å². The van der Waals surface area contributed by atoms with Crippen molar-refractivity contribution in [3.05, 3.63) is 22.4 Å². The zero-order chi connectivity index (χ0) is 10.4. The summed E-state index contributed by atoms with van der Waals surface area (Å²) in [6.07, 6.45) is 1.20. The maximum atomic E-state index is 6.11. The molecule has 0 radical (unpaired) electrons. The van der Waals surface area contributed by atoms with Gasteiger partial charge in [-0.2, -0.15) is 0 Å². The molecule has 0 saturated carbocycles. The van der Waals surface area contributed by atoms with Gasteiger partial charge in [-0.15, -0.1) is 11.3 Å². The first-order chi connectivity index (χ1) is 6.77. The van der Waals surface area contributed by atoms with Gasteiger partial charge in [0.05, 0.1) is 6.04 Å². The molecule has 0 saturated heterocycles. The molecular formula is C11H20N2S. The molecule has 14 heavy (non-hydrogen) atoms. The fraction of sp³-hybridized carbons (Fsp3) is 0.636. The van der Waals surface area contributed by atoms with Crippen molar-refractivity contribution >= 4 is 11.3 Å². The molecule has 1 heterocycles. The average Bonchev–Trinajstić information content (AvgIpc) is 2.69. The van der Waals surface area contributed by atoms with E-state index in [4.69, 9.17) is 5.73 Å². The van der Waals surface area contributed by atoms with Gasteiger partial charge < -0.3 is 10.6 Å². The van der Waals surface area contributed by atoms with Gasteiger partial charge in [-0.1, -0.05) is 19.9 Å². The van der Waals surface area contributed by atoms with Crippen LogP contribution in [0.25, 0.3) is 0 Å². The van der Waals surface area contributed by atoms with Gasteiger partial charge in [-0.05, 0) is 31.0 Å². The van der Waals surface area contributed by atoms with Crippen LogP contribution < -0.4 is 5.73 Å². The van der Waals surface area contributed by atoms with Crippen LogP contribution in [0.4, 0.5) is 0 Å². The Balaban J connectivity index is 2.42. The maximum absolute atomic E-state index is 6.11. The first-order valence-corrected chi connectivity index (χ1v) is 6.17. The summed E-state index contributed by atoms with van der Waals surface area (Å²) in [7, 11) is 0. The number of nitrogens with two attached hydrogens (primary N) is 1. The Bertz CT molecular complexity index is 233. The zero-order valence-electron chi connectivity index (χ0n) is 9.07. The molecule has 0 bridgehead atoms.